The van der Waals surface area contributed by atoms with Gasteiger partial charge in [0, 0.05) is 16.8 Å². The second-order valence-electron chi connectivity index (χ2n) is 4.04. The number of anilines is 1. The zero-order valence-electron chi connectivity index (χ0n) is 10.7. The molecule has 0 unspecified atom stereocenters. The van der Waals surface area contributed by atoms with Gasteiger partial charge in [-0.2, -0.15) is 0 Å². The van der Waals surface area contributed by atoms with Crippen LogP contribution in [0.15, 0.2) is 48.5 Å². The van der Waals surface area contributed by atoms with Gasteiger partial charge in [-0.15, -0.1) is 0 Å². The van der Waals surface area contributed by atoms with Crippen molar-refractivity contribution in [2.24, 2.45) is 0 Å². The van der Waals surface area contributed by atoms with Crippen LogP contribution in [0.5, 0.6) is 5.75 Å². The Hall–Kier alpha value is -2.33. The van der Waals surface area contributed by atoms with Gasteiger partial charge in [-0.25, -0.2) is 0 Å². The molecule has 0 saturated carbocycles. The Balaban J connectivity index is 2.14. The maximum atomic E-state index is 12.0. The molecule has 0 aliphatic rings. The van der Waals surface area contributed by atoms with E-state index in [9.17, 15) is 9.59 Å². The van der Waals surface area contributed by atoms with Gasteiger partial charge in [0.1, 0.15) is 5.75 Å². The first-order chi connectivity index (χ1) is 9.60. The summed E-state index contributed by atoms with van der Waals surface area (Å²) in [7, 11) is 1.56. The number of rotatable bonds is 4. The molecule has 2 rings (SSSR count). The number of ether oxygens (including phenoxy) is 1. The van der Waals surface area contributed by atoms with E-state index >= 15 is 0 Å². The van der Waals surface area contributed by atoms with Crippen LogP contribution < -0.4 is 10.1 Å². The average Bonchev–Trinajstić information content (AvgIpc) is 2.47. The van der Waals surface area contributed by atoms with Crippen LogP contribution in [-0.2, 0) is 0 Å². The highest BCUT2D eigenvalue weighted by Crippen LogP contribution is 2.15. The molecule has 4 nitrogen and oxygen atoms in total. The Morgan fingerprint density at radius 2 is 1.75 bits per heavy atom. The lowest BCUT2D eigenvalue weighted by atomic mass is 10.2. The van der Waals surface area contributed by atoms with E-state index in [0.717, 1.165) is 0 Å². The van der Waals surface area contributed by atoms with Gasteiger partial charge in [0.05, 0.1) is 7.11 Å². The molecule has 1 amide bonds. The summed E-state index contributed by atoms with van der Waals surface area (Å²) in [4.78, 5) is 23.1. The van der Waals surface area contributed by atoms with Gasteiger partial charge in [-0.3, -0.25) is 9.59 Å². The minimum atomic E-state index is -0.564. The van der Waals surface area contributed by atoms with Gasteiger partial charge in [-0.1, -0.05) is 6.07 Å². The largest absolute Gasteiger partial charge is 0.497 e. The fraction of sp³-hybridized carbons (Fsp3) is 0.0667. The van der Waals surface area contributed by atoms with Crippen molar-refractivity contribution in [1.82, 2.24) is 0 Å². The molecule has 0 aromatic heterocycles. The van der Waals surface area contributed by atoms with Crippen molar-refractivity contribution >= 4 is 28.4 Å². The summed E-state index contributed by atoms with van der Waals surface area (Å²) in [6.45, 7) is 0. The van der Waals surface area contributed by atoms with Crippen LogP contribution in [0, 0.1) is 0 Å². The van der Waals surface area contributed by atoms with Crippen LogP contribution in [0.1, 0.15) is 20.7 Å². The Morgan fingerprint density at radius 3 is 2.35 bits per heavy atom. The van der Waals surface area contributed by atoms with Gasteiger partial charge in [-0.05, 0) is 54.1 Å². The van der Waals surface area contributed by atoms with Gasteiger partial charge < -0.3 is 10.1 Å². The highest BCUT2D eigenvalue weighted by Gasteiger charge is 2.08. The van der Waals surface area contributed by atoms with Crippen molar-refractivity contribution in [3.63, 3.8) is 0 Å². The summed E-state index contributed by atoms with van der Waals surface area (Å²) in [6, 6.07) is 13.2. The van der Waals surface area contributed by atoms with Crippen LogP contribution in [-0.4, -0.2) is 18.3 Å². The van der Waals surface area contributed by atoms with Crippen molar-refractivity contribution in [1.29, 1.82) is 0 Å². The summed E-state index contributed by atoms with van der Waals surface area (Å²) in [5.74, 6) is 0.406. The minimum Gasteiger partial charge on any atom is -0.497 e. The van der Waals surface area contributed by atoms with E-state index in [1.165, 1.54) is 6.07 Å². The summed E-state index contributed by atoms with van der Waals surface area (Å²) < 4.78 is 5.03. The van der Waals surface area contributed by atoms with Crippen LogP contribution in [0.4, 0.5) is 5.69 Å². The summed E-state index contributed by atoms with van der Waals surface area (Å²) in [5.41, 5.74) is 1.34. The number of hydrogen-bond donors (Lipinski definition) is 1. The molecule has 0 heterocycles. The van der Waals surface area contributed by atoms with Crippen LogP contribution in [0.3, 0.4) is 0 Å². The number of methoxy groups -OCH3 is 1. The van der Waals surface area contributed by atoms with E-state index in [0.29, 0.717) is 22.6 Å². The molecular formula is C15H12ClNO3. The normalized spacial score (nSPS) is 9.90. The van der Waals surface area contributed by atoms with E-state index in [1.54, 1.807) is 49.6 Å². The third-order valence-electron chi connectivity index (χ3n) is 2.70. The van der Waals surface area contributed by atoms with Crippen LogP contribution >= 0.6 is 11.6 Å². The van der Waals surface area contributed by atoms with Crippen molar-refractivity contribution in [2.75, 3.05) is 12.4 Å². The molecule has 2 aromatic carbocycles. The number of carbonyl (C=O) groups excluding carboxylic acids is 2. The molecule has 2 aromatic rings. The SMILES string of the molecule is COc1ccc(C(=O)Nc2cccc(C(=O)Cl)c2)cc1. The van der Waals surface area contributed by atoms with Crippen LogP contribution in [0.25, 0.3) is 0 Å². The predicted octanol–water partition coefficient (Wildman–Crippen LogP) is 3.33. The molecule has 1 N–H and O–H groups in total. The Bertz CT molecular complexity index is 638. The molecule has 0 spiro atoms. The topological polar surface area (TPSA) is 55.4 Å². The minimum absolute atomic E-state index is 0.271. The molecule has 0 bridgehead atoms. The maximum absolute atomic E-state index is 12.0. The number of hydrogen-bond acceptors (Lipinski definition) is 3. The fourth-order valence-electron chi connectivity index (χ4n) is 1.66. The third-order valence-corrected chi connectivity index (χ3v) is 2.92. The highest BCUT2D eigenvalue weighted by atomic mass is 35.5. The second-order valence-corrected chi connectivity index (χ2v) is 4.38. The monoisotopic (exact) mass is 289 g/mol. The van der Waals surface area contributed by atoms with Crippen LogP contribution in [0.2, 0.25) is 0 Å². The lowest BCUT2D eigenvalue weighted by molar-refractivity contribution is 0.102. The number of amides is 1. The molecule has 0 saturated heterocycles. The Labute approximate surface area is 121 Å². The standard InChI is InChI=1S/C15H12ClNO3/c1-20-13-7-5-10(6-8-13)15(19)17-12-4-2-3-11(9-12)14(16)18/h2-9H,1H3,(H,17,19). The quantitative estimate of drug-likeness (QED) is 0.879. The Kier molecular flexibility index (Phi) is 4.38. The zero-order valence-corrected chi connectivity index (χ0v) is 11.5. The molecule has 0 fully saturated rings. The lowest BCUT2D eigenvalue weighted by Crippen LogP contribution is -2.12. The van der Waals surface area contributed by atoms with E-state index in [1.807, 2.05) is 0 Å². The molecular weight excluding hydrogens is 278 g/mol. The lowest BCUT2D eigenvalue weighted by Gasteiger charge is -2.06. The average molecular weight is 290 g/mol. The molecule has 0 aliphatic carbocycles. The molecule has 0 radical (unpaired) electrons. The third kappa shape index (κ3) is 3.36. The highest BCUT2D eigenvalue weighted by molar-refractivity contribution is 6.67. The Morgan fingerprint density at radius 1 is 1.05 bits per heavy atom. The summed E-state index contributed by atoms with van der Waals surface area (Å²) in [5, 5.41) is 2.14. The smallest absolute Gasteiger partial charge is 0.255 e. The first-order valence-corrected chi connectivity index (χ1v) is 6.23. The number of halogens is 1. The first kappa shape index (κ1) is 14.1. The fourth-order valence-corrected chi connectivity index (χ4v) is 1.78. The van der Waals surface area contributed by atoms with Gasteiger partial charge in [0.2, 0.25) is 0 Å². The van der Waals surface area contributed by atoms with Gasteiger partial charge in [0.15, 0.2) is 0 Å². The van der Waals surface area contributed by atoms with Crippen molar-refractivity contribution < 1.29 is 14.3 Å². The van der Waals surface area contributed by atoms with Crippen molar-refractivity contribution in [2.45, 2.75) is 0 Å². The van der Waals surface area contributed by atoms with Crippen molar-refractivity contribution in [3.05, 3.63) is 59.7 Å². The number of benzene rings is 2. The molecule has 5 heteroatoms. The maximum Gasteiger partial charge on any atom is 0.255 e. The second kappa shape index (κ2) is 6.21. The van der Waals surface area contributed by atoms with Gasteiger partial charge >= 0.3 is 0 Å². The number of carbonyl (C=O) groups is 2. The molecule has 20 heavy (non-hydrogen) atoms. The number of nitrogens with one attached hydrogen (secondary N) is 1. The van der Waals surface area contributed by atoms with E-state index in [2.05, 4.69) is 5.32 Å². The first-order valence-electron chi connectivity index (χ1n) is 5.85. The van der Waals surface area contributed by atoms with Crippen molar-refractivity contribution in [3.8, 4) is 5.75 Å². The summed E-state index contributed by atoms with van der Waals surface area (Å²) in [6.07, 6.45) is 0. The summed E-state index contributed by atoms with van der Waals surface area (Å²) >= 11 is 5.40. The van der Waals surface area contributed by atoms with E-state index < -0.39 is 5.24 Å². The van der Waals surface area contributed by atoms with E-state index in [-0.39, 0.29) is 5.91 Å². The molecule has 0 atom stereocenters. The molecule has 102 valence electrons. The van der Waals surface area contributed by atoms with Gasteiger partial charge in [0.25, 0.3) is 11.1 Å². The zero-order chi connectivity index (χ0) is 14.5. The predicted molar refractivity (Wildman–Crippen MR) is 77.6 cm³/mol. The molecule has 0 aliphatic heterocycles. The van der Waals surface area contributed by atoms with E-state index in [4.69, 9.17) is 16.3 Å².